The third-order valence-corrected chi connectivity index (χ3v) is 4.64. The number of rotatable bonds is 1. The third kappa shape index (κ3) is 1.88. The van der Waals surface area contributed by atoms with E-state index in [-0.39, 0.29) is 11.3 Å². The van der Waals surface area contributed by atoms with Gasteiger partial charge in [-0.25, -0.2) is 4.98 Å². The van der Waals surface area contributed by atoms with Crippen LogP contribution in [0.25, 0.3) is 31.6 Å². The van der Waals surface area contributed by atoms with Gasteiger partial charge in [0.05, 0.1) is 10.2 Å². The summed E-state index contributed by atoms with van der Waals surface area (Å²) in [4.78, 5) is 23.9. The second-order valence-corrected chi connectivity index (χ2v) is 6.05. The van der Waals surface area contributed by atoms with Crippen LogP contribution in [0.1, 0.15) is 5.69 Å². The number of hydrogen-bond acceptors (Lipinski definition) is 5. The van der Waals surface area contributed by atoms with Crippen LogP contribution < -0.4 is 5.56 Å². The summed E-state index contributed by atoms with van der Waals surface area (Å²) in [7, 11) is 0. The van der Waals surface area contributed by atoms with E-state index >= 15 is 0 Å². The van der Waals surface area contributed by atoms with Crippen LogP contribution in [-0.2, 0) is 0 Å². The first kappa shape index (κ1) is 13.0. The highest BCUT2D eigenvalue weighted by Crippen LogP contribution is 2.40. The first-order chi connectivity index (χ1) is 10.6. The second kappa shape index (κ2) is 4.64. The summed E-state index contributed by atoms with van der Waals surface area (Å²) < 4.78 is 0.642. The van der Waals surface area contributed by atoms with Crippen molar-refractivity contribution < 1.29 is 5.11 Å². The van der Waals surface area contributed by atoms with Crippen LogP contribution in [0, 0.1) is 6.92 Å². The number of fused-ring (bicyclic) bond motifs is 3. The van der Waals surface area contributed by atoms with Crippen molar-refractivity contribution in [1.82, 2.24) is 15.0 Å². The number of nitrogens with one attached hydrogen (secondary N) is 1. The lowest BCUT2D eigenvalue weighted by molar-refractivity contribution is 0.481. The largest absolute Gasteiger partial charge is 0.506 e. The molecule has 0 saturated heterocycles. The Morgan fingerprint density at radius 3 is 2.77 bits per heavy atom. The molecule has 0 unspecified atom stereocenters. The van der Waals surface area contributed by atoms with Crippen molar-refractivity contribution in [2.24, 2.45) is 0 Å². The molecule has 5 nitrogen and oxygen atoms in total. The number of H-pyrrole nitrogens is 1. The van der Waals surface area contributed by atoms with Crippen molar-refractivity contribution in [3.63, 3.8) is 0 Å². The SMILES string of the molecule is Cc1cc(-c2ccncc2)c2c(n1)sc1c(O)cc(=O)[nH]c12. The molecule has 4 rings (SSSR count). The van der Waals surface area contributed by atoms with Gasteiger partial charge in [-0.2, -0.15) is 0 Å². The number of hydrogen-bond donors (Lipinski definition) is 2. The summed E-state index contributed by atoms with van der Waals surface area (Å²) in [6.45, 7) is 1.93. The Hall–Kier alpha value is -2.73. The van der Waals surface area contributed by atoms with Crippen LogP contribution in [0.15, 0.2) is 41.5 Å². The highest BCUT2D eigenvalue weighted by Gasteiger charge is 2.16. The van der Waals surface area contributed by atoms with E-state index in [9.17, 15) is 9.90 Å². The fourth-order valence-electron chi connectivity index (χ4n) is 2.63. The van der Waals surface area contributed by atoms with Gasteiger partial charge in [0.2, 0.25) is 0 Å². The van der Waals surface area contributed by atoms with E-state index in [1.807, 2.05) is 25.1 Å². The van der Waals surface area contributed by atoms with E-state index < -0.39 is 0 Å². The van der Waals surface area contributed by atoms with Crippen LogP contribution >= 0.6 is 11.3 Å². The molecule has 0 aromatic carbocycles. The fourth-order valence-corrected chi connectivity index (χ4v) is 3.74. The highest BCUT2D eigenvalue weighted by molar-refractivity contribution is 7.25. The number of aromatic hydroxyl groups is 1. The molecular weight excluding hydrogens is 298 g/mol. The summed E-state index contributed by atoms with van der Waals surface area (Å²) in [6, 6.07) is 7.00. The molecule has 4 aromatic heterocycles. The molecule has 0 amide bonds. The maximum atomic E-state index is 11.7. The van der Waals surface area contributed by atoms with Crippen molar-refractivity contribution in [3.05, 3.63) is 52.7 Å². The molecule has 0 fully saturated rings. The summed E-state index contributed by atoms with van der Waals surface area (Å²) in [6.07, 6.45) is 3.46. The first-order valence-electron chi connectivity index (χ1n) is 6.70. The van der Waals surface area contributed by atoms with Gasteiger partial charge in [-0.05, 0) is 36.2 Å². The molecule has 2 N–H and O–H groups in total. The van der Waals surface area contributed by atoms with Crippen molar-refractivity contribution in [2.45, 2.75) is 6.92 Å². The van der Waals surface area contributed by atoms with Crippen molar-refractivity contribution in [2.75, 3.05) is 0 Å². The molecule has 108 valence electrons. The summed E-state index contributed by atoms with van der Waals surface area (Å²) in [5.74, 6) is -0.0138. The maximum Gasteiger partial charge on any atom is 0.252 e. The molecule has 0 aliphatic carbocycles. The number of nitrogens with zero attached hydrogens (tertiary/aromatic N) is 2. The van der Waals surface area contributed by atoms with Crippen molar-refractivity contribution in [1.29, 1.82) is 0 Å². The van der Waals surface area contributed by atoms with Gasteiger partial charge in [-0.3, -0.25) is 9.78 Å². The minimum absolute atomic E-state index is 0.0138. The first-order valence-corrected chi connectivity index (χ1v) is 7.51. The Morgan fingerprint density at radius 2 is 2.00 bits per heavy atom. The predicted octanol–water partition coefficient (Wildman–Crippen LogP) is 3.21. The molecule has 0 saturated carbocycles. The lowest BCUT2D eigenvalue weighted by atomic mass is 10.0. The Morgan fingerprint density at radius 1 is 1.23 bits per heavy atom. The molecule has 0 aliphatic heterocycles. The van der Waals surface area contributed by atoms with Crippen LogP contribution in [-0.4, -0.2) is 20.1 Å². The quantitative estimate of drug-likeness (QED) is 0.566. The Labute approximate surface area is 128 Å². The molecule has 22 heavy (non-hydrogen) atoms. The normalized spacial score (nSPS) is 11.3. The molecule has 0 spiro atoms. The van der Waals surface area contributed by atoms with Gasteiger partial charge < -0.3 is 10.1 Å². The van der Waals surface area contributed by atoms with Gasteiger partial charge in [-0.1, -0.05) is 0 Å². The van der Waals surface area contributed by atoms with E-state index in [0.717, 1.165) is 27.0 Å². The molecule has 0 bridgehead atoms. The zero-order valence-electron chi connectivity index (χ0n) is 11.6. The van der Waals surface area contributed by atoms with Crippen molar-refractivity contribution >= 4 is 31.8 Å². The second-order valence-electron chi connectivity index (χ2n) is 5.05. The average molecular weight is 309 g/mol. The van der Waals surface area contributed by atoms with Crippen LogP contribution in [0.5, 0.6) is 5.75 Å². The van der Waals surface area contributed by atoms with Crippen LogP contribution in [0.4, 0.5) is 0 Å². The lowest BCUT2D eigenvalue weighted by Gasteiger charge is -2.05. The summed E-state index contributed by atoms with van der Waals surface area (Å²) in [5, 5.41) is 10.9. The molecule has 0 atom stereocenters. The Kier molecular flexibility index (Phi) is 2.74. The van der Waals surface area contributed by atoms with Gasteiger partial charge in [0, 0.05) is 29.5 Å². The van der Waals surface area contributed by atoms with Crippen molar-refractivity contribution in [3.8, 4) is 16.9 Å². The third-order valence-electron chi connectivity index (χ3n) is 3.53. The number of thiophene rings is 1. The fraction of sp³-hybridized carbons (Fsp3) is 0.0625. The number of aromatic nitrogens is 3. The van der Waals surface area contributed by atoms with Gasteiger partial charge in [0.1, 0.15) is 10.6 Å². The van der Waals surface area contributed by atoms with Gasteiger partial charge in [0.15, 0.2) is 0 Å². The maximum absolute atomic E-state index is 11.7. The number of aryl methyl sites for hydroxylation is 1. The molecule has 6 heteroatoms. The lowest BCUT2D eigenvalue weighted by Crippen LogP contribution is -2.02. The standard InChI is InChI=1S/C16H11N3O2S/c1-8-6-10(9-2-4-17-5-3-9)13-14-15(22-16(13)18-8)11(20)7-12(21)19-14/h2-7H,1H3,(H2,19,20,21). The van der Waals surface area contributed by atoms with Crippen LogP contribution in [0.3, 0.4) is 0 Å². The predicted molar refractivity (Wildman–Crippen MR) is 87.4 cm³/mol. The summed E-state index contributed by atoms with van der Waals surface area (Å²) >= 11 is 1.37. The minimum Gasteiger partial charge on any atom is -0.506 e. The van der Waals surface area contributed by atoms with Gasteiger partial charge in [0.25, 0.3) is 5.56 Å². The van der Waals surface area contributed by atoms with E-state index in [4.69, 9.17) is 0 Å². The number of aromatic amines is 1. The van der Waals surface area contributed by atoms with E-state index in [1.54, 1.807) is 12.4 Å². The molecule has 0 radical (unpaired) electrons. The molecule has 0 aliphatic rings. The van der Waals surface area contributed by atoms with E-state index in [2.05, 4.69) is 15.0 Å². The number of pyridine rings is 3. The molecular formula is C16H11N3O2S. The Bertz CT molecular complexity index is 1070. The zero-order chi connectivity index (χ0) is 15.3. The van der Waals surface area contributed by atoms with Gasteiger partial charge >= 0.3 is 0 Å². The average Bonchev–Trinajstić information content (AvgIpc) is 2.86. The molecule has 4 aromatic rings. The Balaban J connectivity index is 2.23. The zero-order valence-corrected chi connectivity index (χ0v) is 12.4. The molecule has 4 heterocycles. The smallest absolute Gasteiger partial charge is 0.252 e. The van der Waals surface area contributed by atoms with Crippen LogP contribution in [0.2, 0.25) is 0 Å². The topological polar surface area (TPSA) is 78.9 Å². The van der Waals surface area contributed by atoms with E-state index in [0.29, 0.717) is 10.2 Å². The van der Waals surface area contributed by atoms with E-state index in [1.165, 1.54) is 17.4 Å². The monoisotopic (exact) mass is 309 g/mol. The minimum atomic E-state index is -0.328. The summed E-state index contributed by atoms with van der Waals surface area (Å²) in [5.41, 5.74) is 3.15. The highest BCUT2D eigenvalue weighted by atomic mass is 32.1. The van der Waals surface area contributed by atoms with Gasteiger partial charge in [-0.15, -0.1) is 11.3 Å².